The molecule has 0 radical (unpaired) electrons. The van der Waals surface area contributed by atoms with E-state index < -0.39 is 0 Å². The minimum atomic E-state index is -0.215. The van der Waals surface area contributed by atoms with Gasteiger partial charge in [-0.05, 0) is 12.1 Å². The van der Waals surface area contributed by atoms with Crippen LogP contribution in [0.1, 0.15) is 13.8 Å². The lowest BCUT2D eigenvalue weighted by Crippen LogP contribution is -2.22. The second-order valence-electron chi connectivity index (χ2n) is 3.54. The van der Waals surface area contributed by atoms with Crippen LogP contribution in [-0.4, -0.2) is 17.7 Å². The fourth-order valence-corrected chi connectivity index (χ4v) is 2.37. The van der Waals surface area contributed by atoms with Crippen molar-refractivity contribution in [3.8, 4) is 0 Å². The molecule has 1 aromatic rings. The number of hydrogen-bond acceptors (Lipinski definition) is 3. The second kappa shape index (κ2) is 7.82. The summed E-state index contributed by atoms with van der Waals surface area (Å²) < 4.78 is 0. The van der Waals surface area contributed by atoms with E-state index in [0.717, 1.165) is 10.6 Å². The minimum absolute atomic E-state index is 0. The molecule has 0 bridgehead atoms. The summed E-state index contributed by atoms with van der Waals surface area (Å²) >= 11 is 7.71. The van der Waals surface area contributed by atoms with Crippen molar-refractivity contribution in [1.82, 2.24) is 0 Å². The molecule has 0 saturated carbocycles. The van der Waals surface area contributed by atoms with Crippen molar-refractivity contribution in [3.05, 3.63) is 23.2 Å². The smallest absolute Gasteiger partial charge is 0.238 e. The molecule has 3 N–H and O–H groups in total. The normalized spacial score (nSPS) is 9.94. The molecule has 96 valence electrons. The van der Waals surface area contributed by atoms with Gasteiger partial charge < -0.3 is 11.1 Å². The number of nitrogens with two attached hydrogens (primary N) is 1. The molecule has 0 aliphatic heterocycles. The topological polar surface area (TPSA) is 55.1 Å². The van der Waals surface area contributed by atoms with Crippen LogP contribution in [0.3, 0.4) is 0 Å². The van der Waals surface area contributed by atoms with Gasteiger partial charge in [0.05, 0.1) is 17.3 Å². The van der Waals surface area contributed by atoms with Gasteiger partial charge in [0.2, 0.25) is 5.91 Å². The molecule has 1 rings (SSSR count). The van der Waals surface area contributed by atoms with Gasteiger partial charge >= 0.3 is 0 Å². The van der Waals surface area contributed by atoms with Gasteiger partial charge in [-0.25, -0.2) is 0 Å². The lowest BCUT2D eigenvalue weighted by molar-refractivity contribution is -0.114. The highest BCUT2D eigenvalue weighted by Crippen LogP contribution is 2.36. The maximum atomic E-state index is 11.2. The zero-order valence-corrected chi connectivity index (χ0v) is 12.1. The van der Waals surface area contributed by atoms with Gasteiger partial charge in [0.15, 0.2) is 0 Å². The fraction of sp³-hybridized carbons (Fsp3) is 0.364. The molecule has 0 aromatic heterocycles. The lowest BCUT2D eigenvalue weighted by Gasteiger charge is -2.13. The van der Waals surface area contributed by atoms with Crippen LogP contribution in [0, 0.1) is 0 Å². The highest BCUT2D eigenvalue weighted by atomic mass is 35.5. The predicted molar refractivity (Wildman–Crippen MR) is 77.4 cm³/mol. The monoisotopic (exact) mass is 294 g/mol. The average Bonchev–Trinajstić information content (AvgIpc) is 2.22. The van der Waals surface area contributed by atoms with Crippen LogP contribution in [0.15, 0.2) is 23.1 Å². The quantitative estimate of drug-likeness (QED) is 0.839. The average molecular weight is 295 g/mol. The predicted octanol–water partition coefficient (Wildman–Crippen LogP) is 3.16. The summed E-state index contributed by atoms with van der Waals surface area (Å²) in [6.45, 7) is 4.11. The Labute approximate surface area is 117 Å². The molecule has 0 unspecified atom stereocenters. The summed E-state index contributed by atoms with van der Waals surface area (Å²) in [4.78, 5) is 12.1. The number of rotatable bonds is 4. The number of thioether (sulfide) groups is 1. The molecule has 0 heterocycles. The zero-order valence-electron chi connectivity index (χ0n) is 9.70. The molecule has 6 heteroatoms. The first-order valence-electron chi connectivity index (χ1n) is 4.99. The number of carbonyl (C=O) groups is 1. The minimum Gasteiger partial charge on any atom is -0.324 e. The summed E-state index contributed by atoms with van der Waals surface area (Å²) in [7, 11) is 0. The highest BCUT2D eigenvalue weighted by molar-refractivity contribution is 8.00. The van der Waals surface area contributed by atoms with Crippen molar-refractivity contribution in [1.29, 1.82) is 0 Å². The summed E-state index contributed by atoms with van der Waals surface area (Å²) in [5.74, 6) is -0.215. The van der Waals surface area contributed by atoms with Gasteiger partial charge in [-0.1, -0.05) is 31.5 Å². The van der Waals surface area contributed by atoms with E-state index in [9.17, 15) is 4.79 Å². The van der Waals surface area contributed by atoms with E-state index in [0.29, 0.717) is 10.3 Å². The standard InChI is InChI=1S/C11H15ClN2OS.ClH/c1-7(2)16-11-8(12)4-3-5-9(11)14-10(15)6-13;/h3-5,7H,6,13H2,1-2H3,(H,14,15);1H. The van der Waals surface area contributed by atoms with E-state index in [1.54, 1.807) is 17.8 Å². The van der Waals surface area contributed by atoms with Crippen molar-refractivity contribution in [2.45, 2.75) is 24.0 Å². The number of amides is 1. The van der Waals surface area contributed by atoms with Crippen LogP contribution >= 0.6 is 35.8 Å². The van der Waals surface area contributed by atoms with E-state index in [1.807, 2.05) is 12.1 Å². The van der Waals surface area contributed by atoms with Gasteiger partial charge in [0.25, 0.3) is 0 Å². The molecule has 0 saturated heterocycles. The number of hydrogen-bond donors (Lipinski definition) is 2. The van der Waals surface area contributed by atoms with E-state index >= 15 is 0 Å². The first kappa shape index (κ1) is 16.6. The maximum absolute atomic E-state index is 11.2. The molecule has 3 nitrogen and oxygen atoms in total. The third-order valence-corrected chi connectivity index (χ3v) is 3.35. The Bertz CT molecular complexity index is 386. The molecular formula is C11H16Cl2N2OS. The summed E-state index contributed by atoms with van der Waals surface area (Å²) in [5, 5.41) is 3.78. The Balaban J connectivity index is 0.00000256. The van der Waals surface area contributed by atoms with Crippen molar-refractivity contribution in [3.63, 3.8) is 0 Å². The van der Waals surface area contributed by atoms with Crippen molar-refractivity contribution in [2.24, 2.45) is 5.73 Å². The molecule has 0 spiro atoms. The van der Waals surface area contributed by atoms with Gasteiger partial charge in [0.1, 0.15) is 0 Å². The third kappa shape index (κ3) is 5.17. The molecule has 0 atom stereocenters. The molecule has 0 aliphatic carbocycles. The van der Waals surface area contributed by atoms with E-state index in [-0.39, 0.29) is 24.9 Å². The first-order chi connectivity index (χ1) is 7.54. The molecular weight excluding hydrogens is 279 g/mol. The molecule has 0 aliphatic rings. The first-order valence-corrected chi connectivity index (χ1v) is 6.25. The molecule has 0 fully saturated rings. The van der Waals surface area contributed by atoms with Crippen molar-refractivity contribution in [2.75, 3.05) is 11.9 Å². The zero-order chi connectivity index (χ0) is 12.1. The van der Waals surface area contributed by atoms with Crippen LogP contribution in [-0.2, 0) is 4.79 Å². The number of anilines is 1. The molecule has 1 aromatic carbocycles. The van der Waals surface area contributed by atoms with Gasteiger partial charge in [-0.15, -0.1) is 24.2 Å². The van der Waals surface area contributed by atoms with Gasteiger partial charge in [-0.2, -0.15) is 0 Å². The third-order valence-electron chi connectivity index (χ3n) is 1.78. The fourth-order valence-electron chi connectivity index (χ4n) is 1.16. The highest BCUT2D eigenvalue weighted by Gasteiger charge is 2.11. The van der Waals surface area contributed by atoms with E-state index in [2.05, 4.69) is 19.2 Å². The van der Waals surface area contributed by atoms with Crippen LogP contribution < -0.4 is 11.1 Å². The molecule has 1 amide bonds. The van der Waals surface area contributed by atoms with Gasteiger partial charge in [0, 0.05) is 10.1 Å². The van der Waals surface area contributed by atoms with Crippen LogP contribution in [0.2, 0.25) is 5.02 Å². The number of nitrogens with one attached hydrogen (secondary N) is 1. The Kier molecular flexibility index (Phi) is 7.63. The summed E-state index contributed by atoms with van der Waals surface area (Å²) in [6.07, 6.45) is 0. The number of benzene rings is 1. The van der Waals surface area contributed by atoms with E-state index in [4.69, 9.17) is 17.3 Å². The number of halogens is 2. The summed E-state index contributed by atoms with van der Waals surface area (Å²) in [6, 6.07) is 5.44. The number of carbonyl (C=O) groups excluding carboxylic acids is 1. The Morgan fingerprint density at radius 3 is 2.71 bits per heavy atom. The largest absolute Gasteiger partial charge is 0.324 e. The summed E-state index contributed by atoms with van der Waals surface area (Å²) in [5.41, 5.74) is 5.98. The Morgan fingerprint density at radius 2 is 2.18 bits per heavy atom. The van der Waals surface area contributed by atoms with E-state index in [1.165, 1.54) is 0 Å². The SMILES string of the molecule is CC(C)Sc1c(Cl)cccc1NC(=O)CN.Cl. The van der Waals surface area contributed by atoms with Crippen molar-refractivity contribution < 1.29 is 4.79 Å². The van der Waals surface area contributed by atoms with Crippen LogP contribution in [0.5, 0.6) is 0 Å². The van der Waals surface area contributed by atoms with Crippen molar-refractivity contribution >= 4 is 47.4 Å². The molecule has 17 heavy (non-hydrogen) atoms. The van der Waals surface area contributed by atoms with Crippen LogP contribution in [0.25, 0.3) is 0 Å². The lowest BCUT2D eigenvalue weighted by atomic mass is 10.3. The maximum Gasteiger partial charge on any atom is 0.238 e. The Morgan fingerprint density at radius 1 is 1.53 bits per heavy atom. The van der Waals surface area contributed by atoms with Crippen LogP contribution in [0.4, 0.5) is 5.69 Å². The second-order valence-corrected chi connectivity index (χ2v) is 5.53. The Hall–Kier alpha value is -0.420. The van der Waals surface area contributed by atoms with Gasteiger partial charge in [-0.3, -0.25) is 4.79 Å².